The number of aryl methyl sites for hydroxylation is 2. The Morgan fingerprint density at radius 1 is 0.958 bits per heavy atom. The number of likely N-dealkylation sites (tertiary alicyclic amines) is 1. The zero-order chi connectivity index (χ0) is 34.1. The second-order valence-corrected chi connectivity index (χ2v) is 15.3. The number of carbonyl (C=O) groups is 1. The van der Waals surface area contributed by atoms with Crippen molar-refractivity contribution in [3.05, 3.63) is 76.8 Å². The van der Waals surface area contributed by atoms with Gasteiger partial charge in [-0.1, -0.05) is 12.1 Å². The van der Waals surface area contributed by atoms with Crippen LogP contribution in [-0.2, 0) is 28.9 Å². The van der Waals surface area contributed by atoms with Crippen LogP contribution in [0.4, 0.5) is 4.79 Å². The maximum Gasteiger partial charge on any atom is 0.410 e. The molecule has 1 aliphatic heterocycles. The third-order valence-electron chi connectivity index (χ3n) is 9.28. The molecule has 0 unspecified atom stereocenters. The van der Waals surface area contributed by atoms with Crippen molar-refractivity contribution < 1.29 is 17.9 Å². The topological polar surface area (TPSA) is 136 Å². The standard InChI is InChI=1S/C35H39N7O5S/c1-35(2,3)47-34(44)41-15-13-21(14-16-41)22-7-10-25-26(20-37-28(25)17-22)32-38-27-11-9-24(48(45,46)36-4)19-30(27)42(32)23-8-12-29-31(18-23)40(6)33(43)39(29)5/h7-12,17-21,36-37H,13-16H2,1-6H3. The minimum absolute atomic E-state index is 0.125. The van der Waals surface area contributed by atoms with Crippen molar-refractivity contribution in [2.45, 2.75) is 50.0 Å². The molecule has 3 aromatic heterocycles. The van der Waals surface area contributed by atoms with Gasteiger partial charge < -0.3 is 14.6 Å². The molecule has 0 spiro atoms. The number of aromatic amines is 1. The van der Waals surface area contributed by atoms with E-state index in [1.165, 1.54) is 12.6 Å². The van der Waals surface area contributed by atoms with Crippen LogP contribution in [0.15, 0.2) is 70.5 Å². The van der Waals surface area contributed by atoms with Crippen LogP contribution < -0.4 is 10.4 Å². The number of piperidine rings is 1. The largest absolute Gasteiger partial charge is 0.444 e. The molecule has 4 heterocycles. The van der Waals surface area contributed by atoms with Crippen LogP contribution >= 0.6 is 0 Å². The van der Waals surface area contributed by atoms with Crippen molar-refractivity contribution in [3.8, 4) is 17.1 Å². The molecule has 0 aliphatic carbocycles. The summed E-state index contributed by atoms with van der Waals surface area (Å²) in [5, 5.41) is 0.970. The Labute approximate surface area is 278 Å². The molecule has 2 N–H and O–H groups in total. The maximum absolute atomic E-state index is 12.8. The van der Waals surface area contributed by atoms with Gasteiger partial charge >= 0.3 is 11.8 Å². The Bertz CT molecular complexity index is 2400. The van der Waals surface area contributed by atoms with Crippen LogP contribution in [-0.4, -0.2) is 68.8 Å². The molecule has 0 radical (unpaired) electrons. The van der Waals surface area contributed by atoms with Crippen molar-refractivity contribution in [3.63, 3.8) is 0 Å². The van der Waals surface area contributed by atoms with Gasteiger partial charge in [0.15, 0.2) is 0 Å². The lowest BCUT2D eigenvalue weighted by atomic mass is 9.89. The van der Waals surface area contributed by atoms with Gasteiger partial charge in [-0.25, -0.2) is 27.7 Å². The average molecular weight is 670 g/mol. The quantitative estimate of drug-likeness (QED) is 0.253. The number of amides is 1. The molecule has 1 amide bonds. The highest BCUT2D eigenvalue weighted by Gasteiger charge is 2.28. The van der Waals surface area contributed by atoms with Crippen molar-refractivity contribution in [2.75, 3.05) is 20.1 Å². The minimum atomic E-state index is -3.72. The van der Waals surface area contributed by atoms with Gasteiger partial charge in [-0.3, -0.25) is 13.7 Å². The number of hydrogen-bond donors (Lipinski definition) is 2. The molecule has 1 saturated heterocycles. The molecule has 0 atom stereocenters. The fourth-order valence-electron chi connectivity index (χ4n) is 6.72. The summed E-state index contributed by atoms with van der Waals surface area (Å²) in [5.41, 5.74) is 5.86. The predicted molar refractivity (Wildman–Crippen MR) is 186 cm³/mol. The van der Waals surface area contributed by atoms with Gasteiger partial charge in [0.1, 0.15) is 11.4 Å². The molecular weight excluding hydrogens is 630 g/mol. The van der Waals surface area contributed by atoms with Crippen LogP contribution in [0, 0.1) is 0 Å². The Morgan fingerprint density at radius 2 is 1.69 bits per heavy atom. The number of ether oxygens (including phenoxy) is 1. The van der Waals surface area contributed by atoms with Gasteiger partial charge in [0.05, 0.1) is 27.0 Å². The van der Waals surface area contributed by atoms with E-state index in [0.29, 0.717) is 35.9 Å². The van der Waals surface area contributed by atoms with Crippen LogP contribution in [0.2, 0.25) is 0 Å². The number of benzene rings is 3. The molecule has 0 bridgehead atoms. The first-order valence-corrected chi connectivity index (χ1v) is 17.5. The third-order valence-corrected chi connectivity index (χ3v) is 10.7. The van der Waals surface area contributed by atoms with Crippen molar-refractivity contribution in [2.24, 2.45) is 14.1 Å². The van der Waals surface area contributed by atoms with E-state index >= 15 is 0 Å². The third kappa shape index (κ3) is 5.36. The van der Waals surface area contributed by atoms with E-state index in [4.69, 9.17) is 9.72 Å². The smallest absolute Gasteiger partial charge is 0.410 e. The van der Waals surface area contributed by atoms with E-state index in [9.17, 15) is 18.0 Å². The minimum Gasteiger partial charge on any atom is -0.444 e. The number of imidazole rings is 2. The van der Waals surface area contributed by atoms with Crippen molar-refractivity contribution >= 4 is 49.1 Å². The maximum atomic E-state index is 12.8. The molecule has 250 valence electrons. The summed E-state index contributed by atoms with van der Waals surface area (Å²) in [6, 6.07) is 17.0. The number of nitrogens with one attached hydrogen (secondary N) is 2. The summed E-state index contributed by atoms with van der Waals surface area (Å²) in [5.74, 6) is 0.940. The molecule has 1 aliphatic rings. The first-order chi connectivity index (χ1) is 22.8. The van der Waals surface area contributed by atoms with E-state index in [1.54, 1.807) is 46.3 Å². The Hall–Kier alpha value is -4.88. The van der Waals surface area contributed by atoms with Crippen molar-refractivity contribution in [1.82, 2.24) is 33.3 Å². The van der Waals surface area contributed by atoms with E-state index in [1.807, 2.05) is 49.7 Å². The van der Waals surface area contributed by atoms with Gasteiger partial charge in [-0.15, -0.1) is 0 Å². The van der Waals surface area contributed by atoms with E-state index < -0.39 is 15.6 Å². The zero-order valence-corrected chi connectivity index (χ0v) is 28.7. The van der Waals surface area contributed by atoms with Gasteiger partial charge in [0, 0.05) is 55.5 Å². The number of nitrogens with zero attached hydrogens (tertiary/aromatic N) is 5. The summed E-state index contributed by atoms with van der Waals surface area (Å²) < 4.78 is 38.8. The number of aromatic nitrogens is 5. The van der Waals surface area contributed by atoms with Crippen LogP contribution in [0.3, 0.4) is 0 Å². The van der Waals surface area contributed by atoms with Crippen LogP contribution in [0.25, 0.3) is 50.0 Å². The summed E-state index contributed by atoms with van der Waals surface area (Å²) in [7, 11) is 1.14. The number of sulfonamides is 1. The molecule has 12 nitrogen and oxygen atoms in total. The average Bonchev–Trinajstić information content (AvgIpc) is 3.72. The molecule has 1 fully saturated rings. The van der Waals surface area contributed by atoms with E-state index in [-0.39, 0.29) is 16.7 Å². The molecule has 6 aromatic rings. The fourth-order valence-corrected chi connectivity index (χ4v) is 7.47. The molecule has 7 rings (SSSR count). The number of hydrogen-bond acceptors (Lipinski definition) is 6. The molecule has 13 heteroatoms. The number of rotatable bonds is 5. The number of fused-ring (bicyclic) bond motifs is 3. The Balaban J connectivity index is 1.30. The number of H-pyrrole nitrogens is 1. The molecule has 3 aromatic carbocycles. The zero-order valence-electron chi connectivity index (χ0n) is 27.9. The lowest BCUT2D eigenvalue weighted by Gasteiger charge is -2.33. The lowest BCUT2D eigenvalue weighted by molar-refractivity contribution is 0.0205. The first-order valence-electron chi connectivity index (χ1n) is 16.0. The van der Waals surface area contributed by atoms with E-state index in [0.717, 1.165) is 46.0 Å². The Morgan fingerprint density at radius 3 is 2.40 bits per heavy atom. The second-order valence-electron chi connectivity index (χ2n) is 13.5. The summed E-state index contributed by atoms with van der Waals surface area (Å²) in [6.45, 7) is 6.91. The predicted octanol–water partition coefficient (Wildman–Crippen LogP) is 5.39. The monoisotopic (exact) mass is 669 g/mol. The first kappa shape index (κ1) is 31.7. The lowest BCUT2D eigenvalue weighted by Crippen LogP contribution is -2.41. The van der Waals surface area contributed by atoms with Crippen molar-refractivity contribution in [1.29, 1.82) is 0 Å². The van der Waals surface area contributed by atoms with E-state index in [2.05, 4.69) is 27.9 Å². The molecular formula is C35H39N7O5S. The van der Waals surface area contributed by atoms with Crippen LogP contribution in [0.1, 0.15) is 45.1 Å². The summed E-state index contributed by atoms with van der Waals surface area (Å²) in [6.07, 6.45) is 3.35. The number of carbonyl (C=O) groups excluding carboxylic acids is 1. The van der Waals surface area contributed by atoms with Gasteiger partial charge in [-0.05, 0) is 94.6 Å². The normalized spacial score (nSPS) is 14.8. The molecule has 0 saturated carbocycles. The highest BCUT2D eigenvalue weighted by atomic mass is 32.2. The molecule has 48 heavy (non-hydrogen) atoms. The summed E-state index contributed by atoms with van der Waals surface area (Å²) >= 11 is 0. The Kier molecular flexibility index (Phi) is 7.51. The van der Waals surface area contributed by atoms with Gasteiger partial charge in [-0.2, -0.15) is 0 Å². The SMILES string of the molecule is CNS(=O)(=O)c1ccc2nc(-c3c[nH]c4cc(C5CCN(C(=O)OC(C)(C)C)CC5)ccc34)n(-c3ccc4c(c3)n(C)c(=O)n4C)c2c1. The second kappa shape index (κ2) is 11.4. The highest BCUT2D eigenvalue weighted by molar-refractivity contribution is 7.89. The van der Waals surface area contributed by atoms with Gasteiger partial charge in [0.2, 0.25) is 10.0 Å². The fraction of sp³-hybridized carbons (Fsp3) is 0.343. The van der Waals surface area contributed by atoms with Gasteiger partial charge in [0.25, 0.3) is 0 Å². The summed E-state index contributed by atoms with van der Waals surface area (Å²) in [4.78, 5) is 35.7. The highest BCUT2D eigenvalue weighted by Crippen LogP contribution is 2.37. The van der Waals surface area contributed by atoms with Crippen LogP contribution in [0.5, 0.6) is 0 Å².